The number of nitrogens with one attached hydrogen (secondary N) is 2. The van der Waals surface area contributed by atoms with Gasteiger partial charge in [0, 0.05) is 36.6 Å². The van der Waals surface area contributed by atoms with Crippen LogP contribution in [0.25, 0.3) is 11.4 Å². The Bertz CT molecular complexity index is 944. The van der Waals surface area contributed by atoms with Crippen LogP contribution in [0.3, 0.4) is 0 Å². The van der Waals surface area contributed by atoms with Gasteiger partial charge < -0.3 is 15.4 Å². The molecule has 0 fully saturated rings. The van der Waals surface area contributed by atoms with Gasteiger partial charge >= 0.3 is 0 Å². The molecule has 0 aliphatic carbocycles. The van der Waals surface area contributed by atoms with E-state index in [4.69, 9.17) is 14.7 Å². The smallest absolute Gasteiger partial charge is 0.161 e. The fraction of sp³-hybridized carbons (Fsp3) is 0.250. The van der Waals surface area contributed by atoms with Gasteiger partial charge in [-0.1, -0.05) is 18.2 Å². The van der Waals surface area contributed by atoms with Gasteiger partial charge in [-0.15, -0.1) is 0 Å². The normalized spacial score (nSPS) is 17.9. The summed E-state index contributed by atoms with van der Waals surface area (Å²) in [5, 5.41) is 6.97. The van der Waals surface area contributed by atoms with E-state index in [1.54, 1.807) is 12.4 Å². The van der Waals surface area contributed by atoms with Crippen LogP contribution in [0.2, 0.25) is 0 Å². The molecule has 2 N–H and O–H groups in total. The van der Waals surface area contributed by atoms with Crippen molar-refractivity contribution in [2.24, 2.45) is 0 Å². The lowest BCUT2D eigenvalue weighted by atomic mass is 10.0. The largest absolute Gasteiger partial charge is 0.491 e. The van der Waals surface area contributed by atoms with E-state index in [2.05, 4.69) is 27.8 Å². The molecule has 26 heavy (non-hydrogen) atoms. The average Bonchev–Trinajstić information content (AvgIpc) is 3.18. The highest BCUT2D eigenvalue weighted by Gasteiger charge is 2.24. The van der Waals surface area contributed by atoms with Crippen molar-refractivity contribution in [2.75, 3.05) is 11.9 Å². The van der Waals surface area contributed by atoms with Gasteiger partial charge in [0.2, 0.25) is 0 Å². The van der Waals surface area contributed by atoms with Crippen LogP contribution in [0.1, 0.15) is 16.8 Å². The third kappa shape index (κ3) is 2.78. The Balaban J connectivity index is 1.47. The molecular formula is C20H19N5O. The van der Waals surface area contributed by atoms with Crippen molar-refractivity contribution in [3.05, 3.63) is 65.6 Å². The monoisotopic (exact) mass is 345 g/mol. The van der Waals surface area contributed by atoms with Gasteiger partial charge in [-0.3, -0.25) is 4.98 Å². The summed E-state index contributed by atoms with van der Waals surface area (Å²) in [6.45, 7) is 2.20. The Morgan fingerprint density at radius 1 is 1.04 bits per heavy atom. The van der Waals surface area contributed by atoms with Crippen molar-refractivity contribution < 1.29 is 4.74 Å². The summed E-state index contributed by atoms with van der Waals surface area (Å²) < 4.78 is 5.91. The summed E-state index contributed by atoms with van der Waals surface area (Å²) in [6, 6.07) is 12.3. The molecule has 130 valence electrons. The topological polar surface area (TPSA) is 72.0 Å². The van der Waals surface area contributed by atoms with E-state index in [9.17, 15) is 0 Å². The van der Waals surface area contributed by atoms with E-state index in [1.165, 1.54) is 5.56 Å². The SMILES string of the molecule is c1ccc2c(c1)CC(Nc1nc(-c3ccncc3)nc3c1CNC3)CO2. The predicted octanol–water partition coefficient (Wildman–Crippen LogP) is 2.56. The molecule has 6 nitrogen and oxygen atoms in total. The summed E-state index contributed by atoms with van der Waals surface area (Å²) in [6.07, 6.45) is 4.46. The Hall–Kier alpha value is -2.99. The van der Waals surface area contributed by atoms with Crippen molar-refractivity contribution in [1.29, 1.82) is 0 Å². The minimum atomic E-state index is 0.190. The number of pyridine rings is 1. The van der Waals surface area contributed by atoms with Gasteiger partial charge in [0.1, 0.15) is 18.2 Å². The fourth-order valence-electron chi connectivity index (χ4n) is 3.53. The molecule has 0 spiro atoms. The molecule has 1 unspecified atom stereocenters. The zero-order valence-corrected chi connectivity index (χ0v) is 14.3. The summed E-state index contributed by atoms with van der Waals surface area (Å²) in [5.74, 6) is 2.62. The second-order valence-electron chi connectivity index (χ2n) is 6.62. The first-order valence-corrected chi connectivity index (χ1v) is 8.85. The first kappa shape index (κ1) is 15.3. The van der Waals surface area contributed by atoms with Crippen molar-refractivity contribution in [1.82, 2.24) is 20.3 Å². The molecule has 4 heterocycles. The lowest BCUT2D eigenvalue weighted by Gasteiger charge is -2.27. The molecule has 0 amide bonds. The number of anilines is 1. The number of hydrogen-bond donors (Lipinski definition) is 2. The molecule has 1 aromatic carbocycles. The van der Waals surface area contributed by atoms with Crippen LogP contribution in [0, 0.1) is 0 Å². The number of aromatic nitrogens is 3. The molecule has 2 aromatic heterocycles. The highest BCUT2D eigenvalue weighted by atomic mass is 16.5. The van der Waals surface area contributed by atoms with Gasteiger partial charge in [0.05, 0.1) is 11.7 Å². The second kappa shape index (κ2) is 6.38. The molecule has 2 aliphatic rings. The molecule has 5 rings (SSSR count). The number of nitrogens with zero attached hydrogens (tertiary/aromatic N) is 3. The molecule has 2 aliphatic heterocycles. The standard InChI is InChI=1S/C20H19N5O/c1-2-4-18-14(3-1)9-15(12-26-18)23-20-16-10-22-11-17(16)24-19(25-20)13-5-7-21-8-6-13/h1-8,15,22H,9-12H2,(H,23,24,25). The molecule has 3 aromatic rings. The molecular weight excluding hydrogens is 326 g/mol. The number of benzene rings is 1. The number of rotatable bonds is 3. The van der Waals surface area contributed by atoms with E-state index in [-0.39, 0.29) is 6.04 Å². The average molecular weight is 345 g/mol. The number of hydrogen-bond acceptors (Lipinski definition) is 6. The van der Waals surface area contributed by atoms with E-state index in [0.717, 1.165) is 53.7 Å². The third-order valence-electron chi connectivity index (χ3n) is 4.85. The van der Waals surface area contributed by atoms with E-state index < -0.39 is 0 Å². The Labute approximate surface area is 151 Å². The van der Waals surface area contributed by atoms with Crippen LogP contribution in [0.5, 0.6) is 5.75 Å². The van der Waals surface area contributed by atoms with Gasteiger partial charge in [0.25, 0.3) is 0 Å². The summed E-state index contributed by atoms with van der Waals surface area (Å²) in [7, 11) is 0. The van der Waals surface area contributed by atoms with Crippen LogP contribution >= 0.6 is 0 Å². The zero-order chi connectivity index (χ0) is 17.3. The van der Waals surface area contributed by atoms with Crippen molar-refractivity contribution in [2.45, 2.75) is 25.6 Å². The van der Waals surface area contributed by atoms with Crippen LogP contribution in [-0.4, -0.2) is 27.6 Å². The highest BCUT2D eigenvalue weighted by Crippen LogP contribution is 2.29. The van der Waals surface area contributed by atoms with Crippen molar-refractivity contribution in [3.63, 3.8) is 0 Å². The number of para-hydroxylation sites is 1. The maximum Gasteiger partial charge on any atom is 0.161 e. The van der Waals surface area contributed by atoms with Crippen LogP contribution < -0.4 is 15.4 Å². The Morgan fingerprint density at radius 3 is 2.85 bits per heavy atom. The second-order valence-corrected chi connectivity index (χ2v) is 6.62. The van der Waals surface area contributed by atoms with E-state index >= 15 is 0 Å². The van der Waals surface area contributed by atoms with Gasteiger partial charge in [0.15, 0.2) is 5.82 Å². The minimum Gasteiger partial charge on any atom is -0.491 e. The lowest BCUT2D eigenvalue weighted by Crippen LogP contribution is -2.34. The summed E-state index contributed by atoms with van der Waals surface area (Å²) in [5.41, 5.74) is 4.42. The van der Waals surface area contributed by atoms with Crippen LogP contribution in [0.4, 0.5) is 5.82 Å². The van der Waals surface area contributed by atoms with E-state index in [1.807, 2.05) is 24.3 Å². The number of fused-ring (bicyclic) bond motifs is 2. The minimum absolute atomic E-state index is 0.190. The fourth-order valence-corrected chi connectivity index (χ4v) is 3.53. The first-order chi connectivity index (χ1) is 12.9. The van der Waals surface area contributed by atoms with Crippen molar-refractivity contribution in [3.8, 4) is 17.1 Å². The summed E-state index contributed by atoms with van der Waals surface area (Å²) >= 11 is 0. The Kier molecular flexibility index (Phi) is 3.75. The number of ether oxygens (including phenoxy) is 1. The molecule has 0 saturated carbocycles. The molecule has 0 saturated heterocycles. The van der Waals surface area contributed by atoms with Crippen LogP contribution in [-0.2, 0) is 19.5 Å². The molecule has 0 bridgehead atoms. The maximum absolute atomic E-state index is 5.91. The van der Waals surface area contributed by atoms with Crippen molar-refractivity contribution >= 4 is 5.82 Å². The lowest BCUT2D eigenvalue weighted by molar-refractivity contribution is 0.272. The first-order valence-electron chi connectivity index (χ1n) is 8.85. The maximum atomic E-state index is 5.91. The predicted molar refractivity (Wildman–Crippen MR) is 98.9 cm³/mol. The quantitative estimate of drug-likeness (QED) is 0.760. The Morgan fingerprint density at radius 2 is 1.92 bits per heavy atom. The van der Waals surface area contributed by atoms with Gasteiger partial charge in [-0.2, -0.15) is 0 Å². The molecule has 6 heteroatoms. The van der Waals surface area contributed by atoms with Gasteiger partial charge in [-0.05, 0) is 30.2 Å². The summed E-state index contributed by atoms with van der Waals surface area (Å²) in [4.78, 5) is 13.6. The highest BCUT2D eigenvalue weighted by molar-refractivity contribution is 5.60. The zero-order valence-electron chi connectivity index (χ0n) is 14.3. The van der Waals surface area contributed by atoms with Gasteiger partial charge in [-0.25, -0.2) is 9.97 Å². The van der Waals surface area contributed by atoms with E-state index in [0.29, 0.717) is 6.61 Å². The van der Waals surface area contributed by atoms with Crippen LogP contribution in [0.15, 0.2) is 48.8 Å². The third-order valence-corrected chi connectivity index (χ3v) is 4.85. The molecule has 0 radical (unpaired) electrons. The molecule has 1 atom stereocenters.